The number of piperidine rings is 1. The molecule has 1 N–H and O–H groups in total. The van der Waals surface area contributed by atoms with Gasteiger partial charge in [0.25, 0.3) is 0 Å². The summed E-state index contributed by atoms with van der Waals surface area (Å²) in [4.78, 5) is 11.4. The van der Waals surface area contributed by atoms with Crippen LogP contribution in [0.25, 0.3) is 11.0 Å². The van der Waals surface area contributed by atoms with E-state index in [0.717, 1.165) is 55.7 Å². The van der Waals surface area contributed by atoms with Gasteiger partial charge in [0, 0.05) is 44.3 Å². The monoisotopic (exact) mass is 388 g/mol. The van der Waals surface area contributed by atoms with Crippen molar-refractivity contribution < 1.29 is 4.74 Å². The van der Waals surface area contributed by atoms with Gasteiger partial charge >= 0.3 is 0 Å². The van der Waals surface area contributed by atoms with E-state index < -0.39 is 0 Å². The maximum absolute atomic E-state index is 6.30. The van der Waals surface area contributed by atoms with Crippen LogP contribution in [0.3, 0.4) is 0 Å². The molecule has 1 saturated heterocycles. The zero-order valence-corrected chi connectivity index (χ0v) is 16.2. The molecule has 5 rings (SSSR count). The van der Waals surface area contributed by atoms with Crippen LogP contribution in [0.4, 0.5) is 0 Å². The third kappa shape index (κ3) is 4.00. The van der Waals surface area contributed by atoms with Gasteiger partial charge in [0.05, 0.1) is 5.39 Å². The fourth-order valence-corrected chi connectivity index (χ4v) is 3.94. The molecule has 0 bridgehead atoms. The Labute approximate surface area is 169 Å². The second-order valence-corrected chi connectivity index (χ2v) is 7.52. The highest BCUT2D eigenvalue weighted by Crippen LogP contribution is 2.26. The first kappa shape index (κ1) is 17.9. The number of hydrogen-bond acceptors (Lipinski definition) is 5. The van der Waals surface area contributed by atoms with Crippen molar-refractivity contribution in [1.29, 1.82) is 0 Å². The summed E-state index contributed by atoms with van der Waals surface area (Å²) in [6.45, 7) is 3.71. The summed E-state index contributed by atoms with van der Waals surface area (Å²) >= 11 is 0. The van der Waals surface area contributed by atoms with Gasteiger partial charge in [-0.15, -0.1) is 0 Å². The van der Waals surface area contributed by atoms with Crippen LogP contribution in [-0.2, 0) is 13.1 Å². The van der Waals surface area contributed by atoms with Crippen molar-refractivity contribution in [3.8, 4) is 5.88 Å². The number of nitrogens with zero attached hydrogens (tertiary/aromatic N) is 5. The van der Waals surface area contributed by atoms with Crippen LogP contribution in [0.5, 0.6) is 5.88 Å². The van der Waals surface area contributed by atoms with Crippen molar-refractivity contribution >= 4 is 11.0 Å². The summed E-state index contributed by atoms with van der Waals surface area (Å²) in [5.41, 5.74) is 3.31. The molecule has 0 unspecified atom stereocenters. The third-order valence-corrected chi connectivity index (χ3v) is 5.48. The molecule has 7 nitrogen and oxygen atoms in total. The minimum Gasteiger partial charge on any atom is -0.474 e. The molecule has 0 aliphatic carbocycles. The van der Waals surface area contributed by atoms with Crippen molar-refractivity contribution in [2.24, 2.45) is 0 Å². The van der Waals surface area contributed by atoms with Crippen LogP contribution in [0.15, 0.2) is 61.2 Å². The highest BCUT2D eigenvalue weighted by Gasteiger charge is 2.22. The fourth-order valence-electron chi connectivity index (χ4n) is 3.94. The number of aromatic amines is 1. The normalized spacial score (nSPS) is 15.7. The lowest BCUT2D eigenvalue weighted by atomic mass is 10.1. The molecular formula is C22H24N6O. The zero-order chi connectivity index (χ0) is 19.5. The second-order valence-electron chi connectivity index (χ2n) is 7.52. The third-order valence-electron chi connectivity index (χ3n) is 5.48. The van der Waals surface area contributed by atoms with E-state index in [9.17, 15) is 0 Å². The standard InChI is InChI=1S/C22H24N6O/c1-2-4-17(5-3-1)14-28-13-9-20-21(28)23-16-24-22(20)29-19-7-11-27(12-8-19)15-18-6-10-25-26-18/h1-6,9-10,13,16,19H,7-8,11-12,14-15H2,(H,25,26). The molecule has 1 aliphatic rings. The number of fused-ring (bicyclic) bond motifs is 1. The van der Waals surface area contributed by atoms with Crippen molar-refractivity contribution in [2.75, 3.05) is 13.1 Å². The van der Waals surface area contributed by atoms with Crippen LogP contribution < -0.4 is 4.74 Å². The van der Waals surface area contributed by atoms with Gasteiger partial charge in [-0.05, 0) is 30.5 Å². The topological polar surface area (TPSA) is 71.9 Å². The highest BCUT2D eigenvalue weighted by molar-refractivity contribution is 5.81. The fraction of sp³-hybridized carbons (Fsp3) is 0.318. The second kappa shape index (κ2) is 8.05. The van der Waals surface area contributed by atoms with Gasteiger partial charge in [0.2, 0.25) is 5.88 Å². The van der Waals surface area contributed by atoms with Crippen LogP contribution in [-0.4, -0.2) is 48.8 Å². The van der Waals surface area contributed by atoms with Crippen molar-refractivity contribution in [3.05, 3.63) is 72.4 Å². The van der Waals surface area contributed by atoms with Crippen LogP contribution in [0.1, 0.15) is 24.1 Å². The summed E-state index contributed by atoms with van der Waals surface area (Å²) in [6.07, 6.45) is 7.63. The molecule has 4 aromatic rings. The Morgan fingerprint density at radius 3 is 2.66 bits per heavy atom. The van der Waals surface area contributed by atoms with Crippen molar-refractivity contribution in [2.45, 2.75) is 32.0 Å². The van der Waals surface area contributed by atoms with Crippen LogP contribution >= 0.6 is 0 Å². The Balaban J connectivity index is 1.25. The number of H-pyrrole nitrogens is 1. The molecule has 148 valence electrons. The smallest absolute Gasteiger partial charge is 0.226 e. The van der Waals surface area contributed by atoms with Gasteiger partial charge in [-0.3, -0.25) is 10.00 Å². The molecule has 0 radical (unpaired) electrons. The molecule has 0 amide bonds. The van der Waals surface area contributed by atoms with Gasteiger partial charge < -0.3 is 9.30 Å². The van der Waals surface area contributed by atoms with Gasteiger partial charge in [-0.1, -0.05) is 30.3 Å². The van der Waals surface area contributed by atoms with Gasteiger partial charge in [0.1, 0.15) is 18.1 Å². The van der Waals surface area contributed by atoms with E-state index >= 15 is 0 Å². The van der Waals surface area contributed by atoms with Crippen molar-refractivity contribution in [1.82, 2.24) is 29.6 Å². The summed E-state index contributed by atoms with van der Waals surface area (Å²) in [6, 6.07) is 14.5. The number of likely N-dealkylation sites (tertiary alicyclic amines) is 1. The molecule has 1 aromatic carbocycles. The Bertz CT molecular complexity index is 1050. The number of ether oxygens (including phenoxy) is 1. The number of benzene rings is 1. The Hall–Kier alpha value is -3.19. The maximum Gasteiger partial charge on any atom is 0.226 e. The number of nitrogens with one attached hydrogen (secondary N) is 1. The summed E-state index contributed by atoms with van der Waals surface area (Å²) < 4.78 is 8.45. The van der Waals surface area contributed by atoms with Crippen molar-refractivity contribution in [3.63, 3.8) is 0 Å². The number of rotatable bonds is 6. The molecular weight excluding hydrogens is 364 g/mol. The average Bonchev–Trinajstić information content (AvgIpc) is 3.41. The molecule has 0 atom stereocenters. The number of hydrogen-bond donors (Lipinski definition) is 1. The summed E-state index contributed by atoms with van der Waals surface area (Å²) in [5, 5.41) is 8.03. The lowest BCUT2D eigenvalue weighted by Crippen LogP contribution is -2.38. The van der Waals surface area contributed by atoms with E-state index in [2.05, 4.69) is 66.2 Å². The molecule has 0 saturated carbocycles. The van der Waals surface area contributed by atoms with Gasteiger partial charge in [0.15, 0.2) is 0 Å². The van der Waals surface area contributed by atoms with E-state index in [1.807, 2.05) is 12.1 Å². The Morgan fingerprint density at radius 2 is 1.86 bits per heavy atom. The molecule has 0 spiro atoms. The predicted octanol–water partition coefficient (Wildman–Crippen LogP) is 3.25. The molecule has 1 fully saturated rings. The summed E-state index contributed by atoms with van der Waals surface area (Å²) in [5.74, 6) is 0.689. The molecule has 3 aromatic heterocycles. The Morgan fingerprint density at radius 1 is 1.00 bits per heavy atom. The van der Waals surface area contributed by atoms with E-state index in [1.165, 1.54) is 5.56 Å². The molecule has 1 aliphatic heterocycles. The van der Waals surface area contributed by atoms with Crippen LogP contribution in [0.2, 0.25) is 0 Å². The van der Waals surface area contributed by atoms with E-state index in [-0.39, 0.29) is 6.10 Å². The van der Waals surface area contributed by atoms with E-state index in [4.69, 9.17) is 4.74 Å². The maximum atomic E-state index is 6.30. The molecule has 4 heterocycles. The first-order chi connectivity index (χ1) is 14.3. The highest BCUT2D eigenvalue weighted by atomic mass is 16.5. The molecule has 7 heteroatoms. The van der Waals surface area contributed by atoms with E-state index in [0.29, 0.717) is 5.88 Å². The first-order valence-electron chi connectivity index (χ1n) is 10.1. The quantitative estimate of drug-likeness (QED) is 0.549. The average molecular weight is 388 g/mol. The minimum absolute atomic E-state index is 0.184. The molecule has 29 heavy (non-hydrogen) atoms. The lowest BCUT2D eigenvalue weighted by Gasteiger charge is -2.31. The SMILES string of the molecule is c1ccc(Cn2ccc3c(OC4CCN(Cc5ccn[nH]5)CC4)ncnc32)cc1. The zero-order valence-electron chi connectivity index (χ0n) is 16.2. The van der Waals surface area contributed by atoms with Gasteiger partial charge in [-0.2, -0.15) is 5.10 Å². The largest absolute Gasteiger partial charge is 0.474 e. The minimum atomic E-state index is 0.184. The first-order valence-corrected chi connectivity index (χ1v) is 10.1. The number of aromatic nitrogens is 5. The Kier molecular flexibility index (Phi) is 4.96. The summed E-state index contributed by atoms with van der Waals surface area (Å²) in [7, 11) is 0. The van der Waals surface area contributed by atoms with E-state index in [1.54, 1.807) is 12.5 Å². The van der Waals surface area contributed by atoms with Crippen LogP contribution in [0, 0.1) is 0 Å². The van der Waals surface area contributed by atoms with Gasteiger partial charge in [-0.25, -0.2) is 9.97 Å². The predicted molar refractivity (Wildman–Crippen MR) is 111 cm³/mol. The lowest BCUT2D eigenvalue weighted by molar-refractivity contribution is 0.0938.